The quantitative estimate of drug-likeness (QED) is 0.739. The van der Waals surface area contributed by atoms with Crippen molar-refractivity contribution in [3.05, 3.63) is 17.5 Å². The van der Waals surface area contributed by atoms with E-state index in [2.05, 4.69) is 10.4 Å². The van der Waals surface area contributed by atoms with Gasteiger partial charge in [-0.15, -0.1) is 0 Å². The van der Waals surface area contributed by atoms with E-state index in [1.807, 2.05) is 6.92 Å². The Labute approximate surface area is 106 Å². The second-order valence-corrected chi connectivity index (χ2v) is 4.43. The SMILES string of the molecule is Cc1cc(C(=O)NCCCC(C)C(=O)O)nn1C. The molecular formula is C12H19N3O3. The Balaban J connectivity index is 2.32. The molecule has 1 unspecified atom stereocenters. The minimum Gasteiger partial charge on any atom is -0.481 e. The van der Waals surface area contributed by atoms with Crippen LogP contribution < -0.4 is 5.32 Å². The van der Waals surface area contributed by atoms with Crippen LogP contribution in [0.15, 0.2) is 6.07 Å². The summed E-state index contributed by atoms with van der Waals surface area (Å²) in [7, 11) is 1.78. The Hall–Kier alpha value is -1.85. The second-order valence-electron chi connectivity index (χ2n) is 4.43. The standard InChI is InChI=1S/C12H19N3O3/c1-8(12(17)18)5-4-6-13-11(16)10-7-9(2)15(3)14-10/h7-8H,4-6H2,1-3H3,(H,13,16)(H,17,18). The van der Waals surface area contributed by atoms with E-state index < -0.39 is 5.97 Å². The first kappa shape index (κ1) is 14.2. The summed E-state index contributed by atoms with van der Waals surface area (Å²) in [5, 5.41) is 15.5. The second kappa shape index (κ2) is 6.18. The summed E-state index contributed by atoms with van der Waals surface area (Å²) in [6.45, 7) is 4.00. The minimum atomic E-state index is -0.804. The zero-order chi connectivity index (χ0) is 13.7. The lowest BCUT2D eigenvalue weighted by molar-refractivity contribution is -0.141. The van der Waals surface area contributed by atoms with Gasteiger partial charge in [0, 0.05) is 19.3 Å². The number of carboxylic acids is 1. The van der Waals surface area contributed by atoms with Crippen LogP contribution in [-0.2, 0) is 11.8 Å². The monoisotopic (exact) mass is 253 g/mol. The molecule has 0 aliphatic carbocycles. The zero-order valence-corrected chi connectivity index (χ0v) is 10.9. The average Bonchev–Trinajstić information content (AvgIpc) is 2.64. The van der Waals surface area contributed by atoms with E-state index in [9.17, 15) is 9.59 Å². The summed E-state index contributed by atoms with van der Waals surface area (Å²) in [5.74, 6) is -1.40. The number of aryl methyl sites for hydroxylation is 2. The summed E-state index contributed by atoms with van der Waals surface area (Å²) >= 11 is 0. The molecule has 0 bridgehead atoms. The lowest BCUT2D eigenvalue weighted by Crippen LogP contribution is -2.25. The highest BCUT2D eigenvalue weighted by molar-refractivity contribution is 5.92. The van der Waals surface area contributed by atoms with Crippen molar-refractivity contribution in [3.63, 3.8) is 0 Å². The molecule has 1 rings (SSSR count). The molecule has 100 valence electrons. The largest absolute Gasteiger partial charge is 0.481 e. The molecule has 1 aromatic heterocycles. The molecule has 0 saturated heterocycles. The Bertz CT molecular complexity index is 420. The topological polar surface area (TPSA) is 84.2 Å². The zero-order valence-electron chi connectivity index (χ0n) is 10.9. The summed E-state index contributed by atoms with van der Waals surface area (Å²) in [5.41, 5.74) is 1.31. The molecule has 1 heterocycles. The Morgan fingerprint density at radius 1 is 1.56 bits per heavy atom. The molecule has 0 aliphatic heterocycles. The van der Waals surface area contributed by atoms with Crippen molar-refractivity contribution >= 4 is 11.9 Å². The number of carboxylic acid groups (broad SMARTS) is 1. The van der Waals surface area contributed by atoms with Crippen LogP contribution in [0, 0.1) is 12.8 Å². The molecule has 1 amide bonds. The molecule has 2 N–H and O–H groups in total. The van der Waals surface area contributed by atoms with Crippen LogP contribution >= 0.6 is 0 Å². The van der Waals surface area contributed by atoms with Crippen molar-refractivity contribution in [2.75, 3.05) is 6.54 Å². The lowest BCUT2D eigenvalue weighted by atomic mass is 10.1. The molecule has 18 heavy (non-hydrogen) atoms. The van der Waals surface area contributed by atoms with Gasteiger partial charge in [0.05, 0.1) is 5.92 Å². The number of amides is 1. The maximum Gasteiger partial charge on any atom is 0.306 e. The number of rotatable bonds is 6. The summed E-state index contributed by atoms with van der Waals surface area (Å²) in [4.78, 5) is 22.3. The van der Waals surface area contributed by atoms with Crippen LogP contribution in [0.25, 0.3) is 0 Å². The van der Waals surface area contributed by atoms with Gasteiger partial charge in [0.15, 0.2) is 0 Å². The Kier molecular flexibility index (Phi) is 4.88. The molecule has 0 spiro atoms. The van der Waals surface area contributed by atoms with Gasteiger partial charge in [-0.2, -0.15) is 5.10 Å². The maximum absolute atomic E-state index is 11.7. The first-order valence-electron chi connectivity index (χ1n) is 5.93. The van der Waals surface area contributed by atoms with Crippen molar-refractivity contribution in [1.29, 1.82) is 0 Å². The molecule has 0 saturated carbocycles. The Morgan fingerprint density at radius 2 is 2.22 bits per heavy atom. The smallest absolute Gasteiger partial charge is 0.306 e. The maximum atomic E-state index is 11.7. The number of carbonyl (C=O) groups excluding carboxylic acids is 1. The molecular weight excluding hydrogens is 234 g/mol. The molecule has 0 aromatic carbocycles. The van der Waals surface area contributed by atoms with Gasteiger partial charge in [-0.3, -0.25) is 14.3 Å². The third-order valence-electron chi connectivity index (χ3n) is 2.87. The molecule has 6 nitrogen and oxygen atoms in total. The first-order chi connectivity index (χ1) is 8.41. The molecule has 1 atom stereocenters. The van der Waals surface area contributed by atoms with Gasteiger partial charge in [0.1, 0.15) is 5.69 Å². The van der Waals surface area contributed by atoms with Gasteiger partial charge in [0.2, 0.25) is 0 Å². The molecule has 0 fully saturated rings. The van der Waals surface area contributed by atoms with Gasteiger partial charge in [-0.1, -0.05) is 6.92 Å². The molecule has 0 radical (unpaired) electrons. The molecule has 0 aliphatic rings. The van der Waals surface area contributed by atoms with E-state index in [-0.39, 0.29) is 11.8 Å². The van der Waals surface area contributed by atoms with Crippen molar-refractivity contribution < 1.29 is 14.7 Å². The van der Waals surface area contributed by atoms with E-state index in [0.717, 1.165) is 5.69 Å². The van der Waals surface area contributed by atoms with Crippen molar-refractivity contribution in [2.24, 2.45) is 13.0 Å². The van der Waals surface area contributed by atoms with Crippen molar-refractivity contribution in [2.45, 2.75) is 26.7 Å². The molecule has 1 aromatic rings. The van der Waals surface area contributed by atoms with Gasteiger partial charge >= 0.3 is 5.97 Å². The van der Waals surface area contributed by atoms with Crippen molar-refractivity contribution in [3.8, 4) is 0 Å². The van der Waals surface area contributed by atoms with E-state index in [1.165, 1.54) is 0 Å². The fraction of sp³-hybridized carbons (Fsp3) is 0.583. The Morgan fingerprint density at radius 3 is 2.72 bits per heavy atom. The fourth-order valence-corrected chi connectivity index (χ4v) is 1.50. The minimum absolute atomic E-state index is 0.221. The van der Waals surface area contributed by atoms with E-state index in [4.69, 9.17) is 5.11 Å². The number of aliphatic carboxylic acids is 1. The van der Waals surface area contributed by atoms with Crippen LogP contribution in [-0.4, -0.2) is 33.3 Å². The lowest BCUT2D eigenvalue weighted by Gasteiger charge is -2.06. The number of nitrogens with zero attached hydrogens (tertiary/aromatic N) is 2. The highest BCUT2D eigenvalue weighted by Gasteiger charge is 2.12. The summed E-state index contributed by atoms with van der Waals surface area (Å²) in [6, 6.07) is 1.72. The third kappa shape index (κ3) is 3.87. The van der Waals surface area contributed by atoms with Crippen LogP contribution in [0.4, 0.5) is 0 Å². The van der Waals surface area contributed by atoms with Crippen molar-refractivity contribution in [1.82, 2.24) is 15.1 Å². The van der Waals surface area contributed by atoms with Gasteiger partial charge < -0.3 is 10.4 Å². The summed E-state index contributed by atoms with van der Waals surface area (Å²) in [6.07, 6.45) is 1.20. The van der Waals surface area contributed by atoms with Crippen LogP contribution in [0.2, 0.25) is 0 Å². The normalized spacial score (nSPS) is 12.2. The van der Waals surface area contributed by atoms with Gasteiger partial charge in [-0.05, 0) is 25.8 Å². The van der Waals surface area contributed by atoms with Crippen LogP contribution in [0.1, 0.15) is 35.9 Å². The van der Waals surface area contributed by atoms with Crippen LogP contribution in [0.3, 0.4) is 0 Å². The highest BCUT2D eigenvalue weighted by atomic mass is 16.4. The highest BCUT2D eigenvalue weighted by Crippen LogP contribution is 2.05. The van der Waals surface area contributed by atoms with E-state index in [0.29, 0.717) is 25.1 Å². The van der Waals surface area contributed by atoms with E-state index in [1.54, 1.807) is 24.7 Å². The average molecular weight is 253 g/mol. The third-order valence-corrected chi connectivity index (χ3v) is 2.87. The molecule has 6 heteroatoms. The number of nitrogens with one attached hydrogen (secondary N) is 1. The number of aromatic nitrogens is 2. The number of hydrogen-bond acceptors (Lipinski definition) is 3. The predicted molar refractivity (Wildman–Crippen MR) is 66.3 cm³/mol. The summed E-state index contributed by atoms with van der Waals surface area (Å²) < 4.78 is 1.64. The first-order valence-corrected chi connectivity index (χ1v) is 5.93. The van der Waals surface area contributed by atoms with Gasteiger partial charge in [0.25, 0.3) is 5.91 Å². The van der Waals surface area contributed by atoms with Gasteiger partial charge in [-0.25, -0.2) is 0 Å². The number of hydrogen-bond donors (Lipinski definition) is 2. The number of carbonyl (C=O) groups is 2. The fourth-order valence-electron chi connectivity index (χ4n) is 1.50. The van der Waals surface area contributed by atoms with E-state index >= 15 is 0 Å². The van der Waals surface area contributed by atoms with Crippen LogP contribution in [0.5, 0.6) is 0 Å². The predicted octanol–water partition coefficient (Wildman–Crippen LogP) is 0.959.